The van der Waals surface area contributed by atoms with E-state index >= 15 is 0 Å². The van der Waals surface area contributed by atoms with Gasteiger partial charge >= 0.3 is 0 Å². The van der Waals surface area contributed by atoms with E-state index in [1.165, 1.54) is 13.2 Å². The summed E-state index contributed by atoms with van der Waals surface area (Å²) in [6.07, 6.45) is 1.25. The third kappa shape index (κ3) is 3.66. The fourth-order valence-electron chi connectivity index (χ4n) is 1.67. The number of carbonyl (C=O) groups excluding carboxylic acids is 2. The van der Waals surface area contributed by atoms with Crippen molar-refractivity contribution < 1.29 is 14.0 Å². The van der Waals surface area contributed by atoms with Crippen LogP contribution >= 0.6 is 0 Å². The molecule has 0 spiro atoms. The van der Waals surface area contributed by atoms with Crippen molar-refractivity contribution in [2.45, 2.75) is 46.2 Å². The van der Waals surface area contributed by atoms with Crippen molar-refractivity contribution >= 4 is 11.8 Å². The van der Waals surface area contributed by atoms with E-state index in [1.807, 2.05) is 27.7 Å². The van der Waals surface area contributed by atoms with Gasteiger partial charge in [-0.3, -0.25) is 14.9 Å². The quantitative estimate of drug-likeness (QED) is 0.841. The molecule has 1 aromatic heterocycles. The molecule has 0 aliphatic carbocycles. The van der Waals surface area contributed by atoms with Crippen LogP contribution in [0.3, 0.4) is 0 Å². The molecule has 100 valence electrons. The third-order valence-electron chi connectivity index (χ3n) is 2.21. The molecule has 0 unspecified atom stereocenters. The first-order chi connectivity index (χ1) is 8.22. The van der Waals surface area contributed by atoms with E-state index in [2.05, 4.69) is 15.6 Å². The van der Waals surface area contributed by atoms with E-state index < -0.39 is 17.4 Å². The molecule has 0 bridgehead atoms. The Hall–Kier alpha value is -1.69. The van der Waals surface area contributed by atoms with Gasteiger partial charge in [0.05, 0.1) is 5.54 Å². The Kier molecular flexibility index (Phi) is 4.24. The average molecular weight is 253 g/mol. The zero-order valence-corrected chi connectivity index (χ0v) is 11.3. The lowest BCUT2D eigenvalue weighted by atomic mass is 10.0. The van der Waals surface area contributed by atoms with Crippen molar-refractivity contribution in [2.75, 3.05) is 0 Å². The van der Waals surface area contributed by atoms with Gasteiger partial charge in [0.2, 0.25) is 11.8 Å². The minimum atomic E-state index is -0.558. The summed E-state index contributed by atoms with van der Waals surface area (Å²) >= 11 is 0. The molecular formula is C12H19N3O3. The molecular weight excluding hydrogens is 234 g/mol. The van der Waals surface area contributed by atoms with Crippen LogP contribution in [0, 0.1) is 0 Å². The number of nitrogens with zero attached hydrogens (tertiary/aromatic N) is 1. The first-order valence-corrected chi connectivity index (χ1v) is 5.78. The molecule has 1 heterocycles. The summed E-state index contributed by atoms with van der Waals surface area (Å²) < 4.78 is 5.29. The van der Waals surface area contributed by atoms with Gasteiger partial charge in [0.15, 0.2) is 5.69 Å². The fourth-order valence-corrected chi connectivity index (χ4v) is 1.67. The standard InChI is InChI=1S/C12H19N3O3/c1-7(2)15-12(4,5)11-14-9(6-18-11)10(17)13-8(3)16/h6-7,15H,1-5H3,(H,13,16,17). The van der Waals surface area contributed by atoms with Gasteiger partial charge in [-0.15, -0.1) is 0 Å². The zero-order chi connectivity index (χ0) is 13.9. The molecule has 6 nitrogen and oxygen atoms in total. The molecule has 0 saturated carbocycles. The topological polar surface area (TPSA) is 84.2 Å². The van der Waals surface area contributed by atoms with Crippen molar-refractivity contribution in [1.29, 1.82) is 0 Å². The molecule has 6 heteroatoms. The Bertz CT molecular complexity index is 449. The van der Waals surface area contributed by atoms with Gasteiger partial charge in [0.25, 0.3) is 5.91 Å². The summed E-state index contributed by atoms with van der Waals surface area (Å²) in [5.74, 6) is -0.577. The van der Waals surface area contributed by atoms with E-state index in [1.54, 1.807) is 0 Å². The Morgan fingerprint density at radius 1 is 1.39 bits per heavy atom. The summed E-state index contributed by atoms with van der Waals surface area (Å²) in [6, 6.07) is 0.251. The summed E-state index contributed by atoms with van der Waals surface area (Å²) in [5, 5.41) is 5.42. The van der Waals surface area contributed by atoms with Crippen molar-refractivity contribution in [3.05, 3.63) is 17.8 Å². The highest BCUT2D eigenvalue weighted by molar-refractivity contribution is 6.02. The van der Waals surface area contributed by atoms with Gasteiger partial charge in [0, 0.05) is 13.0 Å². The second-order valence-electron chi connectivity index (χ2n) is 4.97. The van der Waals surface area contributed by atoms with Crippen LogP contribution in [0.1, 0.15) is 51.0 Å². The first-order valence-electron chi connectivity index (χ1n) is 5.78. The van der Waals surface area contributed by atoms with Gasteiger partial charge in [-0.1, -0.05) is 0 Å². The Balaban J connectivity index is 2.85. The van der Waals surface area contributed by atoms with Crippen LogP contribution in [0.5, 0.6) is 0 Å². The van der Waals surface area contributed by atoms with E-state index in [-0.39, 0.29) is 11.7 Å². The van der Waals surface area contributed by atoms with E-state index in [9.17, 15) is 9.59 Å². The van der Waals surface area contributed by atoms with Crippen molar-refractivity contribution in [1.82, 2.24) is 15.6 Å². The largest absolute Gasteiger partial charge is 0.446 e. The molecule has 0 atom stereocenters. The minimum Gasteiger partial charge on any atom is -0.446 e. The van der Waals surface area contributed by atoms with Crippen molar-refractivity contribution in [2.24, 2.45) is 0 Å². The minimum absolute atomic E-state index is 0.0961. The number of oxazole rings is 1. The van der Waals surface area contributed by atoms with Crippen LogP contribution in [-0.2, 0) is 10.3 Å². The van der Waals surface area contributed by atoms with Crippen LogP contribution in [0.15, 0.2) is 10.7 Å². The van der Waals surface area contributed by atoms with Gasteiger partial charge < -0.3 is 9.73 Å². The smallest absolute Gasteiger partial charge is 0.279 e. The maximum Gasteiger partial charge on any atom is 0.279 e. The number of carbonyl (C=O) groups is 2. The van der Waals surface area contributed by atoms with Crippen molar-refractivity contribution in [3.8, 4) is 0 Å². The number of rotatable bonds is 4. The number of nitrogens with one attached hydrogen (secondary N) is 2. The monoisotopic (exact) mass is 253 g/mol. The summed E-state index contributed by atoms with van der Waals surface area (Å²) in [5.41, 5.74) is -0.387. The average Bonchev–Trinajstić information content (AvgIpc) is 2.62. The highest BCUT2D eigenvalue weighted by atomic mass is 16.3. The summed E-state index contributed by atoms with van der Waals surface area (Å²) in [6.45, 7) is 9.10. The second kappa shape index (κ2) is 5.30. The molecule has 0 aliphatic heterocycles. The van der Waals surface area contributed by atoms with Crippen LogP contribution in [-0.4, -0.2) is 22.8 Å². The normalized spacial score (nSPS) is 11.7. The Morgan fingerprint density at radius 3 is 2.50 bits per heavy atom. The molecule has 18 heavy (non-hydrogen) atoms. The number of hydrogen-bond donors (Lipinski definition) is 2. The number of imide groups is 1. The maximum absolute atomic E-state index is 11.5. The summed E-state index contributed by atoms with van der Waals surface area (Å²) in [4.78, 5) is 26.4. The van der Waals surface area contributed by atoms with E-state index in [0.717, 1.165) is 0 Å². The van der Waals surface area contributed by atoms with Crippen LogP contribution < -0.4 is 10.6 Å². The zero-order valence-electron chi connectivity index (χ0n) is 11.3. The molecule has 0 saturated heterocycles. The molecule has 0 aromatic carbocycles. The Labute approximate surface area is 106 Å². The lowest BCUT2D eigenvalue weighted by Gasteiger charge is -2.25. The van der Waals surface area contributed by atoms with Gasteiger partial charge in [-0.25, -0.2) is 4.98 Å². The second-order valence-corrected chi connectivity index (χ2v) is 4.97. The molecule has 0 aliphatic rings. The predicted octanol–water partition coefficient (Wildman–Crippen LogP) is 1.18. The lowest BCUT2D eigenvalue weighted by Crippen LogP contribution is -2.41. The van der Waals surface area contributed by atoms with Crippen LogP contribution in [0.4, 0.5) is 0 Å². The number of amides is 2. The van der Waals surface area contributed by atoms with Crippen LogP contribution in [0.25, 0.3) is 0 Å². The Morgan fingerprint density at radius 2 is 2.00 bits per heavy atom. The highest BCUT2D eigenvalue weighted by Gasteiger charge is 2.28. The molecule has 1 aromatic rings. The van der Waals surface area contributed by atoms with Gasteiger partial charge in [-0.05, 0) is 27.7 Å². The van der Waals surface area contributed by atoms with E-state index in [4.69, 9.17) is 4.42 Å². The lowest BCUT2D eigenvalue weighted by molar-refractivity contribution is -0.118. The fraction of sp³-hybridized carbons (Fsp3) is 0.583. The first kappa shape index (κ1) is 14.4. The van der Waals surface area contributed by atoms with E-state index in [0.29, 0.717) is 5.89 Å². The predicted molar refractivity (Wildman–Crippen MR) is 65.9 cm³/mol. The summed E-state index contributed by atoms with van der Waals surface area (Å²) in [7, 11) is 0. The van der Waals surface area contributed by atoms with Crippen LogP contribution in [0.2, 0.25) is 0 Å². The third-order valence-corrected chi connectivity index (χ3v) is 2.21. The molecule has 1 rings (SSSR count). The number of hydrogen-bond acceptors (Lipinski definition) is 5. The van der Waals surface area contributed by atoms with Gasteiger partial charge in [-0.2, -0.15) is 0 Å². The SMILES string of the molecule is CC(=O)NC(=O)c1coc(C(C)(C)NC(C)C)n1. The van der Waals surface area contributed by atoms with Gasteiger partial charge in [0.1, 0.15) is 6.26 Å². The molecule has 2 amide bonds. The molecule has 0 radical (unpaired) electrons. The molecule has 0 fully saturated rings. The number of aromatic nitrogens is 1. The highest BCUT2D eigenvalue weighted by Crippen LogP contribution is 2.19. The van der Waals surface area contributed by atoms with Crippen molar-refractivity contribution in [3.63, 3.8) is 0 Å². The maximum atomic E-state index is 11.5. The molecule has 2 N–H and O–H groups in total.